The van der Waals surface area contributed by atoms with Gasteiger partial charge in [-0.15, -0.1) is 0 Å². The quantitative estimate of drug-likeness (QED) is 0.631. The van der Waals surface area contributed by atoms with Crippen molar-refractivity contribution >= 4 is 0 Å². The van der Waals surface area contributed by atoms with Crippen LogP contribution in [-0.4, -0.2) is 37.5 Å². The normalized spacial score (nSPS) is 14.5. The maximum Gasteiger partial charge on any atom is 0.426 e. The number of halogens is 10. The van der Waals surface area contributed by atoms with Gasteiger partial charge in [-0.3, -0.25) is 0 Å². The van der Waals surface area contributed by atoms with Crippen LogP contribution >= 0.6 is 0 Å². The van der Waals surface area contributed by atoms with Crippen LogP contribution in [0.1, 0.15) is 0 Å². The minimum atomic E-state index is -6.05. The predicted molar refractivity (Wildman–Crippen MR) is 43.0 cm³/mol. The molecular weight excluding hydrogens is 318 g/mol. The highest BCUT2D eigenvalue weighted by molar-refractivity contribution is 4.91. The standard InChI is InChI=1S/C8H6F10O2/c1-4(10)7(15,16)19-3-5(11,12)8(17,18)20-6(13,14)2-9/h1-3H2. The fraction of sp³-hybridized carbons (Fsp3) is 0.750. The smallest absolute Gasteiger partial charge is 0.308 e. The Bertz CT molecular complexity index is 353. The van der Waals surface area contributed by atoms with Gasteiger partial charge in [-0.25, -0.2) is 13.5 Å². The topological polar surface area (TPSA) is 18.5 Å². The number of hydrogen-bond acceptors (Lipinski definition) is 2. The molecule has 0 amide bonds. The van der Waals surface area contributed by atoms with Gasteiger partial charge in [0.25, 0.3) is 0 Å². The van der Waals surface area contributed by atoms with Gasteiger partial charge in [-0.05, 0) is 0 Å². The van der Waals surface area contributed by atoms with Crippen LogP contribution in [0, 0.1) is 0 Å². The Labute approximate surface area is 104 Å². The van der Waals surface area contributed by atoms with E-state index in [1.165, 1.54) is 0 Å². The van der Waals surface area contributed by atoms with Crippen molar-refractivity contribution in [3.8, 4) is 0 Å². The highest BCUT2D eigenvalue weighted by Gasteiger charge is 2.63. The van der Waals surface area contributed by atoms with Crippen molar-refractivity contribution in [2.45, 2.75) is 24.2 Å². The van der Waals surface area contributed by atoms with E-state index in [0.717, 1.165) is 0 Å². The first-order valence-electron chi connectivity index (χ1n) is 4.43. The lowest BCUT2D eigenvalue weighted by atomic mass is 10.3. The van der Waals surface area contributed by atoms with Crippen molar-refractivity contribution in [3.63, 3.8) is 0 Å². The molecule has 0 unspecified atom stereocenters. The summed E-state index contributed by atoms with van der Waals surface area (Å²) in [7, 11) is 0. The van der Waals surface area contributed by atoms with E-state index in [0.29, 0.717) is 0 Å². The molecule has 0 atom stereocenters. The molecule has 0 rings (SSSR count). The molecule has 0 fully saturated rings. The van der Waals surface area contributed by atoms with Gasteiger partial charge in [0.1, 0.15) is 6.61 Å². The van der Waals surface area contributed by atoms with Crippen LogP contribution in [0.15, 0.2) is 12.4 Å². The van der Waals surface area contributed by atoms with Gasteiger partial charge in [-0.1, -0.05) is 6.58 Å². The molecule has 120 valence electrons. The van der Waals surface area contributed by atoms with Crippen LogP contribution < -0.4 is 0 Å². The van der Waals surface area contributed by atoms with E-state index in [4.69, 9.17) is 0 Å². The molecule has 0 saturated carbocycles. The molecule has 0 saturated heterocycles. The molecule has 0 aromatic carbocycles. The van der Waals surface area contributed by atoms with E-state index >= 15 is 0 Å². The van der Waals surface area contributed by atoms with Crippen LogP contribution in [0.5, 0.6) is 0 Å². The third-order valence-electron chi connectivity index (χ3n) is 1.61. The highest BCUT2D eigenvalue weighted by Crippen LogP contribution is 2.41. The van der Waals surface area contributed by atoms with Gasteiger partial charge in [-0.2, -0.15) is 35.1 Å². The molecule has 0 heterocycles. The fourth-order valence-electron chi connectivity index (χ4n) is 0.633. The maximum atomic E-state index is 12.7. The van der Waals surface area contributed by atoms with Crippen molar-refractivity contribution in [3.05, 3.63) is 12.4 Å². The summed E-state index contributed by atoms with van der Waals surface area (Å²) in [5.74, 6) is -8.29. The number of rotatable bonds is 8. The molecule has 0 radical (unpaired) electrons. The molecule has 0 aliphatic heterocycles. The van der Waals surface area contributed by atoms with E-state index in [1.54, 1.807) is 0 Å². The maximum absolute atomic E-state index is 12.7. The van der Waals surface area contributed by atoms with Crippen molar-refractivity contribution < 1.29 is 53.4 Å². The number of alkyl halides is 9. The lowest BCUT2D eigenvalue weighted by molar-refractivity contribution is -0.440. The van der Waals surface area contributed by atoms with E-state index in [2.05, 4.69) is 9.47 Å². The number of hydrogen-bond donors (Lipinski definition) is 0. The monoisotopic (exact) mass is 324 g/mol. The SMILES string of the molecule is C=C(F)C(F)(F)OCC(F)(F)C(F)(F)OC(F)(F)CF. The van der Waals surface area contributed by atoms with Gasteiger partial charge in [0.05, 0.1) is 0 Å². The molecule has 12 heteroatoms. The highest BCUT2D eigenvalue weighted by atomic mass is 19.3. The molecule has 0 aromatic heterocycles. The molecule has 0 aliphatic carbocycles. The van der Waals surface area contributed by atoms with E-state index in [1.807, 2.05) is 6.58 Å². The summed E-state index contributed by atoms with van der Waals surface area (Å²) in [5, 5.41) is 0. The van der Waals surface area contributed by atoms with E-state index in [9.17, 15) is 43.9 Å². The average molecular weight is 324 g/mol. The molecule has 0 spiro atoms. The second-order valence-electron chi connectivity index (χ2n) is 3.30. The third-order valence-corrected chi connectivity index (χ3v) is 1.61. The zero-order valence-corrected chi connectivity index (χ0v) is 9.22. The Morgan fingerprint density at radius 3 is 1.75 bits per heavy atom. The molecule has 20 heavy (non-hydrogen) atoms. The van der Waals surface area contributed by atoms with Crippen LogP contribution in [0.3, 0.4) is 0 Å². The van der Waals surface area contributed by atoms with Crippen molar-refractivity contribution in [2.75, 3.05) is 13.3 Å². The summed E-state index contributed by atoms with van der Waals surface area (Å²) in [6.45, 7) is -3.77. The Hall–Kier alpha value is -1.04. The minimum Gasteiger partial charge on any atom is -0.308 e. The zero-order valence-electron chi connectivity index (χ0n) is 9.22. The second kappa shape index (κ2) is 5.76. The van der Waals surface area contributed by atoms with Crippen LogP contribution in [-0.2, 0) is 9.47 Å². The van der Waals surface area contributed by atoms with Crippen molar-refractivity contribution in [2.24, 2.45) is 0 Å². The summed E-state index contributed by atoms with van der Waals surface area (Å²) in [4.78, 5) is 0. The Kier molecular flexibility index (Phi) is 5.46. The lowest BCUT2D eigenvalue weighted by Gasteiger charge is -2.29. The fourth-order valence-corrected chi connectivity index (χ4v) is 0.633. The summed E-state index contributed by atoms with van der Waals surface area (Å²) < 4.78 is 128. The molecule has 2 nitrogen and oxygen atoms in total. The van der Waals surface area contributed by atoms with Gasteiger partial charge in [0.2, 0.25) is 0 Å². The van der Waals surface area contributed by atoms with Gasteiger partial charge >= 0.3 is 24.2 Å². The Morgan fingerprint density at radius 1 is 0.950 bits per heavy atom. The summed E-state index contributed by atoms with van der Waals surface area (Å²) in [6, 6.07) is 0. The second-order valence-corrected chi connectivity index (χ2v) is 3.30. The molecule has 0 aromatic rings. The van der Waals surface area contributed by atoms with Crippen LogP contribution in [0.4, 0.5) is 43.9 Å². The summed E-state index contributed by atoms with van der Waals surface area (Å²) in [6.07, 6.45) is -16.4. The van der Waals surface area contributed by atoms with Crippen molar-refractivity contribution in [1.29, 1.82) is 0 Å². The predicted octanol–water partition coefficient (Wildman–Crippen LogP) is 3.89. The first kappa shape index (κ1) is 19.0. The van der Waals surface area contributed by atoms with Gasteiger partial charge in [0.15, 0.2) is 12.5 Å². The lowest BCUT2D eigenvalue weighted by Crippen LogP contribution is -2.51. The largest absolute Gasteiger partial charge is 0.426 e. The van der Waals surface area contributed by atoms with Gasteiger partial charge < -0.3 is 4.74 Å². The first-order chi connectivity index (χ1) is 8.67. The Balaban J connectivity index is 4.90. The third kappa shape index (κ3) is 4.81. The van der Waals surface area contributed by atoms with Crippen LogP contribution in [0.2, 0.25) is 0 Å². The van der Waals surface area contributed by atoms with Crippen molar-refractivity contribution in [1.82, 2.24) is 0 Å². The first-order valence-corrected chi connectivity index (χ1v) is 4.43. The van der Waals surface area contributed by atoms with E-state index < -0.39 is 43.4 Å². The molecule has 0 bridgehead atoms. The molecule has 0 aliphatic rings. The number of ether oxygens (including phenoxy) is 2. The summed E-state index contributed by atoms with van der Waals surface area (Å²) >= 11 is 0. The van der Waals surface area contributed by atoms with Gasteiger partial charge in [0, 0.05) is 0 Å². The van der Waals surface area contributed by atoms with Crippen LogP contribution in [0.25, 0.3) is 0 Å². The minimum absolute atomic E-state index is 1.99. The molecular formula is C8H6F10O2. The summed E-state index contributed by atoms with van der Waals surface area (Å²) in [5.41, 5.74) is 0. The average Bonchev–Trinajstić information content (AvgIpc) is 2.25. The Morgan fingerprint density at radius 2 is 1.40 bits per heavy atom. The molecule has 0 N–H and O–H groups in total. The zero-order chi connectivity index (χ0) is 16.4. The van der Waals surface area contributed by atoms with E-state index in [-0.39, 0.29) is 0 Å².